The summed E-state index contributed by atoms with van der Waals surface area (Å²) in [5, 5.41) is 17.9. The maximum Gasteiger partial charge on any atom is 0.490 e. The Morgan fingerprint density at radius 2 is 1.59 bits per heavy atom. The standard InChI is InChI=1S/C26H30N6O5.C2HF3O2/c1-3-36-22-16-19(6-9-21(22)37-15-14-35-2)23(30-20-7-4-17(5-8-20)24(27)28)26(34)32-31-25(33)18-10-12-29-13-11-18;3-2(4,5)1(6)7/h4-13,16,23,30H,3,14-15H2,1-2H3,(H3,27,28)(H,31,33)(H,32,34);(H,6,7). The van der Waals surface area contributed by atoms with Crippen LogP contribution in [0.2, 0.25) is 0 Å². The van der Waals surface area contributed by atoms with Crippen LogP contribution in [0, 0.1) is 5.41 Å². The zero-order chi connectivity index (χ0) is 32.7. The third kappa shape index (κ3) is 11.1. The van der Waals surface area contributed by atoms with Gasteiger partial charge in [-0.25, -0.2) is 4.79 Å². The van der Waals surface area contributed by atoms with Gasteiger partial charge in [-0.3, -0.25) is 30.8 Å². The monoisotopic (exact) mass is 620 g/mol. The Hall–Kier alpha value is -5.38. The average Bonchev–Trinajstić information content (AvgIpc) is 3.00. The van der Waals surface area contributed by atoms with Crippen LogP contribution < -0.4 is 31.4 Å². The number of rotatable bonds is 12. The molecule has 236 valence electrons. The molecule has 7 N–H and O–H groups in total. The predicted molar refractivity (Wildman–Crippen MR) is 152 cm³/mol. The van der Waals surface area contributed by atoms with Crippen molar-refractivity contribution < 1.29 is 46.9 Å². The van der Waals surface area contributed by atoms with E-state index in [2.05, 4.69) is 21.2 Å². The van der Waals surface area contributed by atoms with E-state index in [0.717, 1.165) is 0 Å². The first kappa shape index (κ1) is 34.8. The number of carbonyl (C=O) groups excluding carboxylic acids is 2. The van der Waals surface area contributed by atoms with Crippen molar-refractivity contribution >= 4 is 29.3 Å². The minimum absolute atomic E-state index is 0.0647. The smallest absolute Gasteiger partial charge is 0.490 e. The second kappa shape index (κ2) is 16.9. The van der Waals surface area contributed by atoms with E-state index in [1.54, 1.807) is 49.6 Å². The molecule has 16 heteroatoms. The Bertz CT molecular complexity index is 1410. The van der Waals surface area contributed by atoms with Crippen LogP contribution in [0.4, 0.5) is 18.9 Å². The fourth-order valence-corrected chi connectivity index (χ4v) is 3.31. The zero-order valence-electron chi connectivity index (χ0n) is 23.6. The van der Waals surface area contributed by atoms with Gasteiger partial charge in [-0.05, 0) is 61.0 Å². The summed E-state index contributed by atoms with van der Waals surface area (Å²) in [5.41, 5.74) is 12.5. The number of nitrogen functional groups attached to an aromatic ring is 1. The van der Waals surface area contributed by atoms with Crippen LogP contribution >= 0.6 is 0 Å². The molecular formula is C28H31F3N6O7. The van der Waals surface area contributed by atoms with E-state index in [-0.39, 0.29) is 5.84 Å². The first-order chi connectivity index (χ1) is 20.9. The molecule has 3 rings (SSSR count). The van der Waals surface area contributed by atoms with E-state index >= 15 is 0 Å². The van der Waals surface area contributed by atoms with Crippen LogP contribution in [0.25, 0.3) is 0 Å². The molecule has 0 spiro atoms. The summed E-state index contributed by atoms with van der Waals surface area (Å²) in [6, 6.07) is 14.0. The number of aliphatic carboxylic acids is 1. The van der Waals surface area contributed by atoms with E-state index < -0.39 is 30.0 Å². The van der Waals surface area contributed by atoms with Gasteiger partial charge in [-0.15, -0.1) is 0 Å². The maximum atomic E-state index is 13.3. The minimum Gasteiger partial charge on any atom is -0.490 e. The molecule has 2 amide bonds. The van der Waals surface area contributed by atoms with Gasteiger partial charge in [0, 0.05) is 36.3 Å². The Morgan fingerprint density at radius 1 is 0.955 bits per heavy atom. The molecule has 1 unspecified atom stereocenters. The Balaban J connectivity index is 0.000000860. The van der Waals surface area contributed by atoms with Crippen molar-refractivity contribution in [3.8, 4) is 11.5 Å². The molecule has 3 aromatic rings. The molecule has 13 nitrogen and oxygen atoms in total. The van der Waals surface area contributed by atoms with Crippen molar-refractivity contribution in [2.75, 3.05) is 32.2 Å². The molecular weight excluding hydrogens is 589 g/mol. The highest BCUT2D eigenvalue weighted by molar-refractivity contribution is 5.97. The first-order valence-electron chi connectivity index (χ1n) is 12.8. The van der Waals surface area contributed by atoms with Crippen molar-refractivity contribution in [2.45, 2.75) is 19.1 Å². The number of anilines is 1. The number of alkyl halides is 3. The molecule has 0 saturated heterocycles. The lowest BCUT2D eigenvalue weighted by Gasteiger charge is -2.22. The van der Waals surface area contributed by atoms with Crippen molar-refractivity contribution in [3.05, 3.63) is 83.7 Å². The van der Waals surface area contributed by atoms with Gasteiger partial charge in [-0.2, -0.15) is 13.2 Å². The van der Waals surface area contributed by atoms with Crippen LogP contribution in [0.3, 0.4) is 0 Å². The highest BCUT2D eigenvalue weighted by atomic mass is 19.4. The molecule has 0 fully saturated rings. The third-order valence-corrected chi connectivity index (χ3v) is 5.40. The number of ether oxygens (including phenoxy) is 3. The largest absolute Gasteiger partial charge is 0.490 e. The van der Waals surface area contributed by atoms with Crippen LogP contribution in [-0.2, 0) is 14.3 Å². The molecule has 1 aromatic heterocycles. The number of hydrogen-bond donors (Lipinski definition) is 6. The van der Waals surface area contributed by atoms with Crippen LogP contribution in [-0.4, -0.2) is 66.8 Å². The maximum absolute atomic E-state index is 13.3. The number of methoxy groups -OCH3 is 1. The molecule has 0 aliphatic rings. The number of hydrazine groups is 1. The Morgan fingerprint density at radius 3 is 2.14 bits per heavy atom. The fourth-order valence-electron chi connectivity index (χ4n) is 3.31. The lowest BCUT2D eigenvalue weighted by molar-refractivity contribution is -0.192. The number of pyridine rings is 1. The lowest BCUT2D eigenvalue weighted by atomic mass is 10.0. The van der Waals surface area contributed by atoms with Gasteiger partial charge in [-0.1, -0.05) is 6.07 Å². The molecule has 0 aliphatic carbocycles. The molecule has 0 radical (unpaired) electrons. The molecule has 0 aliphatic heterocycles. The van der Waals surface area contributed by atoms with E-state index in [9.17, 15) is 22.8 Å². The van der Waals surface area contributed by atoms with Crippen LogP contribution in [0.15, 0.2) is 67.0 Å². The molecule has 2 aromatic carbocycles. The van der Waals surface area contributed by atoms with Gasteiger partial charge in [0.25, 0.3) is 11.8 Å². The number of amides is 2. The second-order valence-electron chi connectivity index (χ2n) is 8.53. The predicted octanol–water partition coefficient (Wildman–Crippen LogP) is 3.04. The van der Waals surface area contributed by atoms with Crippen molar-refractivity contribution in [2.24, 2.45) is 5.73 Å². The van der Waals surface area contributed by atoms with Gasteiger partial charge in [0.15, 0.2) is 11.5 Å². The Kier molecular flexibility index (Phi) is 13.4. The van der Waals surface area contributed by atoms with Gasteiger partial charge < -0.3 is 30.4 Å². The van der Waals surface area contributed by atoms with Gasteiger partial charge in [0.1, 0.15) is 18.5 Å². The topological polar surface area (TPSA) is 198 Å². The van der Waals surface area contributed by atoms with E-state index in [4.69, 9.17) is 35.3 Å². The lowest BCUT2D eigenvalue weighted by Crippen LogP contribution is -2.45. The Labute approximate surface area is 250 Å². The number of nitrogens with zero attached hydrogens (tertiary/aromatic N) is 1. The molecule has 0 saturated carbocycles. The van der Waals surface area contributed by atoms with Gasteiger partial charge >= 0.3 is 12.1 Å². The number of aromatic nitrogens is 1. The number of nitrogens with one attached hydrogen (secondary N) is 4. The number of benzene rings is 2. The summed E-state index contributed by atoms with van der Waals surface area (Å²) in [7, 11) is 1.58. The van der Waals surface area contributed by atoms with Crippen LogP contribution in [0.5, 0.6) is 11.5 Å². The zero-order valence-corrected chi connectivity index (χ0v) is 23.6. The van der Waals surface area contributed by atoms with Gasteiger partial charge in [0.05, 0.1) is 13.2 Å². The molecule has 0 bridgehead atoms. The highest BCUT2D eigenvalue weighted by Crippen LogP contribution is 2.32. The summed E-state index contributed by atoms with van der Waals surface area (Å²) in [4.78, 5) is 38.5. The van der Waals surface area contributed by atoms with E-state index in [1.807, 2.05) is 6.92 Å². The first-order valence-corrected chi connectivity index (χ1v) is 12.8. The second-order valence-corrected chi connectivity index (χ2v) is 8.53. The summed E-state index contributed by atoms with van der Waals surface area (Å²) in [6.07, 6.45) is -2.12. The van der Waals surface area contributed by atoms with Gasteiger partial charge in [0.2, 0.25) is 0 Å². The number of carboxylic acid groups (broad SMARTS) is 1. The average molecular weight is 621 g/mol. The molecule has 44 heavy (non-hydrogen) atoms. The van der Waals surface area contributed by atoms with Crippen molar-refractivity contribution in [1.29, 1.82) is 5.41 Å². The molecule has 1 heterocycles. The summed E-state index contributed by atoms with van der Waals surface area (Å²) >= 11 is 0. The highest BCUT2D eigenvalue weighted by Gasteiger charge is 2.38. The number of hydrogen-bond acceptors (Lipinski definition) is 9. The van der Waals surface area contributed by atoms with Crippen molar-refractivity contribution in [1.82, 2.24) is 15.8 Å². The normalized spacial score (nSPS) is 11.2. The third-order valence-electron chi connectivity index (χ3n) is 5.40. The summed E-state index contributed by atoms with van der Waals surface area (Å²) in [6.45, 7) is 2.98. The van der Waals surface area contributed by atoms with E-state index in [0.29, 0.717) is 53.7 Å². The number of halogens is 3. The number of carbonyl (C=O) groups is 3. The molecule has 1 atom stereocenters. The van der Waals surface area contributed by atoms with Crippen molar-refractivity contribution in [3.63, 3.8) is 0 Å². The van der Waals surface area contributed by atoms with E-state index in [1.165, 1.54) is 24.5 Å². The fraction of sp³-hybridized carbons (Fsp3) is 0.250. The SMILES string of the molecule is CCOc1cc(C(Nc2ccc(C(=N)N)cc2)C(=O)NNC(=O)c2ccncc2)ccc1OCCOC.O=C(O)C(F)(F)F. The summed E-state index contributed by atoms with van der Waals surface area (Å²) < 4.78 is 48.3. The number of carboxylic acids is 1. The summed E-state index contributed by atoms with van der Waals surface area (Å²) in [5.74, 6) is -2.86. The van der Waals surface area contributed by atoms with Crippen LogP contribution in [0.1, 0.15) is 34.5 Å². The number of nitrogens with two attached hydrogens (primary N) is 1. The number of amidine groups is 1. The minimum atomic E-state index is -5.08. The quantitative estimate of drug-likeness (QED) is 0.0757.